The molecule has 4 nitrogen and oxygen atoms in total. The molecule has 0 atom stereocenters. The number of ether oxygens (including phenoxy) is 1. The van der Waals surface area contributed by atoms with E-state index in [0.29, 0.717) is 19.8 Å². The Labute approximate surface area is 129 Å². The van der Waals surface area contributed by atoms with Gasteiger partial charge in [0.25, 0.3) is 0 Å². The monoisotopic (exact) mass is 308 g/mol. The molecular weight excluding hydrogens is 283 g/mol. The summed E-state index contributed by atoms with van der Waals surface area (Å²) < 4.78 is 22.9. The summed E-state index contributed by atoms with van der Waals surface area (Å²) in [7, 11) is -0.141. The van der Waals surface area contributed by atoms with E-state index in [9.17, 15) is 0 Å². The van der Waals surface area contributed by atoms with E-state index in [1.807, 2.05) is 24.3 Å². The fourth-order valence-corrected chi connectivity index (χ4v) is 2.85. The molecule has 2 rings (SSSR count). The second-order valence-electron chi connectivity index (χ2n) is 6.94. The molecule has 0 radical (unpaired) electrons. The van der Waals surface area contributed by atoms with Crippen molar-refractivity contribution >= 4 is 20.9 Å². The SMILES string of the molecule is COc1ccc(B2OCC(C)(CO[Si](C)(C)C)CO2)cc1. The van der Waals surface area contributed by atoms with Crippen LogP contribution in [0, 0.1) is 5.41 Å². The summed E-state index contributed by atoms with van der Waals surface area (Å²) in [5.74, 6) is 0.836. The Morgan fingerprint density at radius 3 is 2.19 bits per heavy atom. The Balaban J connectivity index is 1.89. The predicted octanol–water partition coefficient (Wildman–Crippen LogP) is 2.29. The number of rotatable bonds is 5. The van der Waals surface area contributed by atoms with Crippen LogP contribution < -0.4 is 10.2 Å². The molecule has 21 heavy (non-hydrogen) atoms. The molecule has 0 spiro atoms. The largest absolute Gasteiger partial charge is 0.497 e. The van der Waals surface area contributed by atoms with Gasteiger partial charge in [0, 0.05) is 25.2 Å². The summed E-state index contributed by atoms with van der Waals surface area (Å²) in [5.41, 5.74) is 0.951. The third-order valence-electron chi connectivity index (χ3n) is 3.41. The molecule has 0 amide bonds. The van der Waals surface area contributed by atoms with Crippen molar-refractivity contribution in [1.82, 2.24) is 0 Å². The summed E-state index contributed by atoms with van der Waals surface area (Å²) in [6, 6.07) is 7.80. The molecule has 0 saturated carbocycles. The number of benzene rings is 1. The van der Waals surface area contributed by atoms with Crippen molar-refractivity contribution in [3.05, 3.63) is 24.3 Å². The Bertz CT molecular complexity index is 450. The van der Waals surface area contributed by atoms with Gasteiger partial charge >= 0.3 is 7.12 Å². The second kappa shape index (κ2) is 6.52. The van der Waals surface area contributed by atoms with Gasteiger partial charge in [-0.25, -0.2) is 0 Å². The standard InChI is InChI=1S/C15H25BO4Si/c1-15(12-20-21(3,4)5)10-18-16(19-11-15)13-6-8-14(17-2)9-7-13/h6-9H,10-12H2,1-5H3. The zero-order valence-electron chi connectivity index (χ0n) is 13.6. The summed E-state index contributed by atoms with van der Waals surface area (Å²) in [5, 5.41) is 0. The van der Waals surface area contributed by atoms with Crippen LogP contribution in [0.25, 0.3) is 0 Å². The topological polar surface area (TPSA) is 36.9 Å². The molecule has 1 saturated heterocycles. The highest BCUT2D eigenvalue weighted by atomic mass is 28.4. The van der Waals surface area contributed by atoms with Gasteiger partial charge in [0.2, 0.25) is 0 Å². The number of hydrogen-bond donors (Lipinski definition) is 0. The van der Waals surface area contributed by atoms with Crippen LogP contribution in [0.1, 0.15) is 6.92 Å². The quantitative estimate of drug-likeness (QED) is 0.782. The maximum atomic E-state index is 6.01. The fraction of sp³-hybridized carbons (Fsp3) is 0.600. The first-order valence-electron chi connectivity index (χ1n) is 7.32. The molecular formula is C15H25BO4Si. The molecule has 1 aromatic rings. The molecule has 116 valence electrons. The first-order valence-corrected chi connectivity index (χ1v) is 10.7. The maximum absolute atomic E-state index is 6.01. The molecule has 1 aromatic carbocycles. The van der Waals surface area contributed by atoms with E-state index in [2.05, 4.69) is 26.6 Å². The van der Waals surface area contributed by atoms with Gasteiger partial charge < -0.3 is 18.5 Å². The molecule has 0 aliphatic carbocycles. The molecule has 0 N–H and O–H groups in total. The summed E-state index contributed by atoms with van der Waals surface area (Å²) in [4.78, 5) is 0. The lowest BCUT2D eigenvalue weighted by molar-refractivity contribution is -0.00963. The van der Waals surface area contributed by atoms with Crippen molar-refractivity contribution in [2.24, 2.45) is 5.41 Å². The highest BCUT2D eigenvalue weighted by Gasteiger charge is 2.37. The Morgan fingerprint density at radius 2 is 1.71 bits per heavy atom. The number of methoxy groups -OCH3 is 1. The van der Waals surface area contributed by atoms with E-state index in [0.717, 1.165) is 11.2 Å². The minimum Gasteiger partial charge on any atom is -0.497 e. The molecule has 1 heterocycles. The highest BCUT2D eigenvalue weighted by Crippen LogP contribution is 2.25. The van der Waals surface area contributed by atoms with Crippen LogP contribution in [0.3, 0.4) is 0 Å². The molecule has 0 bridgehead atoms. The van der Waals surface area contributed by atoms with Crippen LogP contribution in [0.5, 0.6) is 5.75 Å². The normalized spacial score (nSPS) is 18.6. The first-order chi connectivity index (χ1) is 9.81. The van der Waals surface area contributed by atoms with E-state index in [1.165, 1.54) is 0 Å². The highest BCUT2D eigenvalue weighted by molar-refractivity contribution is 6.69. The molecule has 1 aliphatic heterocycles. The van der Waals surface area contributed by atoms with Crippen molar-refractivity contribution in [2.75, 3.05) is 26.9 Å². The van der Waals surface area contributed by atoms with Gasteiger partial charge in [-0.2, -0.15) is 0 Å². The lowest BCUT2D eigenvalue weighted by atomic mass is 9.76. The maximum Gasteiger partial charge on any atom is 0.493 e. The number of hydrogen-bond acceptors (Lipinski definition) is 4. The fourth-order valence-electron chi connectivity index (χ4n) is 2.07. The van der Waals surface area contributed by atoms with E-state index >= 15 is 0 Å². The van der Waals surface area contributed by atoms with Gasteiger partial charge in [-0.1, -0.05) is 19.1 Å². The van der Waals surface area contributed by atoms with Crippen LogP contribution in [-0.2, 0) is 13.7 Å². The lowest BCUT2D eigenvalue weighted by Crippen LogP contribution is -2.51. The minimum atomic E-state index is -1.50. The van der Waals surface area contributed by atoms with E-state index < -0.39 is 8.32 Å². The van der Waals surface area contributed by atoms with Gasteiger partial charge in [-0.05, 0) is 37.2 Å². The minimum absolute atomic E-state index is 0.0662. The smallest absolute Gasteiger partial charge is 0.493 e. The van der Waals surface area contributed by atoms with Gasteiger partial charge in [0.15, 0.2) is 8.32 Å². The van der Waals surface area contributed by atoms with E-state index in [-0.39, 0.29) is 12.5 Å². The lowest BCUT2D eigenvalue weighted by Gasteiger charge is -2.37. The second-order valence-corrected chi connectivity index (χ2v) is 11.5. The Kier molecular flexibility index (Phi) is 5.14. The molecule has 6 heteroatoms. The van der Waals surface area contributed by atoms with E-state index in [4.69, 9.17) is 18.5 Å². The van der Waals surface area contributed by atoms with Gasteiger partial charge in [-0.3, -0.25) is 0 Å². The van der Waals surface area contributed by atoms with Crippen molar-refractivity contribution in [3.8, 4) is 5.75 Å². The van der Waals surface area contributed by atoms with Crippen molar-refractivity contribution in [1.29, 1.82) is 0 Å². The van der Waals surface area contributed by atoms with Crippen LogP contribution in [-0.4, -0.2) is 42.4 Å². The zero-order valence-corrected chi connectivity index (χ0v) is 14.6. The average molecular weight is 308 g/mol. The summed E-state index contributed by atoms with van der Waals surface area (Å²) in [6.07, 6.45) is 0. The van der Waals surface area contributed by atoms with Gasteiger partial charge in [-0.15, -0.1) is 0 Å². The summed E-state index contributed by atoms with van der Waals surface area (Å²) in [6.45, 7) is 10.7. The van der Waals surface area contributed by atoms with Crippen LogP contribution in [0.4, 0.5) is 0 Å². The molecule has 1 aliphatic rings. The molecule has 0 aromatic heterocycles. The first kappa shape index (κ1) is 16.6. The van der Waals surface area contributed by atoms with Crippen molar-refractivity contribution < 1.29 is 18.5 Å². The van der Waals surface area contributed by atoms with Crippen LogP contribution in [0.15, 0.2) is 24.3 Å². The van der Waals surface area contributed by atoms with Crippen LogP contribution in [0.2, 0.25) is 19.6 Å². The molecule has 1 fully saturated rings. The average Bonchev–Trinajstić information content (AvgIpc) is 2.46. The third-order valence-corrected chi connectivity index (χ3v) is 4.42. The van der Waals surface area contributed by atoms with Crippen molar-refractivity contribution in [2.45, 2.75) is 26.6 Å². The van der Waals surface area contributed by atoms with Crippen molar-refractivity contribution in [3.63, 3.8) is 0 Å². The predicted molar refractivity (Wildman–Crippen MR) is 87.7 cm³/mol. The van der Waals surface area contributed by atoms with Gasteiger partial charge in [0.05, 0.1) is 7.11 Å². The molecule has 0 unspecified atom stereocenters. The Morgan fingerprint density at radius 1 is 1.14 bits per heavy atom. The Hall–Kier alpha value is -0.818. The third kappa shape index (κ3) is 4.85. The van der Waals surface area contributed by atoms with Crippen LogP contribution >= 0.6 is 0 Å². The van der Waals surface area contributed by atoms with E-state index in [1.54, 1.807) is 7.11 Å². The zero-order chi connectivity index (χ0) is 15.5. The van der Waals surface area contributed by atoms with Gasteiger partial charge in [0.1, 0.15) is 5.75 Å². The summed E-state index contributed by atoms with van der Waals surface area (Å²) >= 11 is 0.